The van der Waals surface area contributed by atoms with E-state index in [2.05, 4.69) is 4.98 Å². The van der Waals surface area contributed by atoms with Crippen molar-refractivity contribution in [2.45, 2.75) is 12.6 Å². The summed E-state index contributed by atoms with van der Waals surface area (Å²) >= 11 is 0. The zero-order valence-corrected chi connectivity index (χ0v) is 15.5. The highest BCUT2D eigenvalue weighted by Gasteiger charge is 2.28. The molecule has 1 atom stereocenters. The highest BCUT2D eigenvalue weighted by atomic mass is 16.5. The van der Waals surface area contributed by atoms with Gasteiger partial charge >= 0.3 is 5.97 Å². The molecule has 140 valence electrons. The summed E-state index contributed by atoms with van der Waals surface area (Å²) in [7, 11) is 4.87. The van der Waals surface area contributed by atoms with E-state index in [0.717, 1.165) is 16.5 Å². The minimum absolute atomic E-state index is 0.454. The van der Waals surface area contributed by atoms with Gasteiger partial charge in [0.2, 0.25) is 0 Å². The molecule has 0 saturated heterocycles. The van der Waals surface area contributed by atoms with E-state index in [1.807, 2.05) is 30.3 Å². The molecule has 0 aliphatic rings. The van der Waals surface area contributed by atoms with E-state index in [1.54, 1.807) is 43.5 Å². The molecule has 0 saturated carbocycles. The van der Waals surface area contributed by atoms with Gasteiger partial charge in [0, 0.05) is 29.8 Å². The molecule has 0 radical (unpaired) electrons. The average Bonchev–Trinajstić information content (AvgIpc) is 2.68. The van der Waals surface area contributed by atoms with Crippen LogP contribution in [0.2, 0.25) is 0 Å². The van der Waals surface area contributed by atoms with Gasteiger partial charge in [0.1, 0.15) is 17.5 Å². The van der Waals surface area contributed by atoms with Gasteiger partial charge in [0.25, 0.3) is 0 Å². The zero-order chi connectivity index (χ0) is 19.4. The van der Waals surface area contributed by atoms with Crippen LogP contribution in [0.4, 0.5) is 0 Å². The lowest BCUT2D eigenvalue weighted by molar-refractivity contribution is -0.143. The third-order valence-corrected chi connectivity index (χ3v) is 4.57. The van der Waals surface area contributed by atoms with Crippen molar-refractivity contribution in [3.05, 3.63) is 65.9 Å². The number of fused-ring (bicyclic) bond motifs is 1. The highest BCUT2D eigenvalue weighted by molar-refractivity contribution is 5.82. The van der Waals surface area contributed by atoms with Crippen LogP contribution in [0, 0.1) is 0 Å². The van der Waals surface area contributed by atoms with E-state index in [0.29, 0.717) is 23.6 Å². The number of carbonyl (C=O) groups is 1. The smallest absolute Gasteiger partial charge is 0.325 e. The fourth-order valence-corrected chi connectivity index (χ4v) is 3.26. The van der Waals surface area contributed by atoms with Crippen LogP contribution in [0.3, 0.4) is 0 Å². The standard InChI is InChI=1S/C21H22N2O4/c1-23(13-14-10-11-22-18-7-5-4-6-16(14)18)20(21(24)25)17-9-8-15(26-2)12-19(17)27-3/h4-12,20H,13H2,1-3H3,(H,24,25). The monoisotopic (exact) mass is 366 g/mol. The molecule has 1 aromatic heterocycles. The third-order valence-electron chi connectivity index (χ3n) is 4.57. The summed E-state index contributed by atoms with van der Waals surface area (Å²) in [5.41, 5.74) is 2.48. The molecule has 6 nitrogen and oxygen atoms in total. The minimum atomic E-state index is -0.945. The van der Waals surface area contributed by atoms with Crippen molar-refractivity contribution in [2.24, 2.45) is 0 Å². The second-order valence-corrected chi connectivity index (χ2v) is 6.25. The molecule has 0 aliphatic carbocycles. The Morgan fingerprint density at radius 1 is 1.15 bits per heavy atom. The molecule has 0 fully saturated rings. The number of hydrogen-bond donors (Lipinski definition) is 1. The number of aromatic nitrogens is 1. The Hall–Kier alpha value is -3.12. The maximum absolute atomic E-state index is 12.1. The van der Waals surface area contributed by atoms with Gasteiger partial charge < -0.3 is 14.6 Å². The van der Waals surface area contributed by atoms with Crippen molar-refractivity contribution < 1.29 is 19.4 Å². The Morgan fingerprint density at radius 3 is 2.63 bits per heavy atom. The normalized spacial score (nSPS) is 12.1. The first kappa shape index (κ1) is 18.7. The van der Waals surface area contributed by atoms with Gasteiger partial charge in [-0.2, -0.15) is 0 Å². The molecule has 1 unspecified atom stereocenters. The van der Waals surface area contributed by atoms with E-state index in [9.17, 15) is 9.90 Å². The summed E-state index contributed by atoms with van der Waals surface area (Å²) in [6, 6.07) is 14.1. The van der Waals surface area contributed by atoms with Crippen molar-refractivity contribution in [1.82, 2.24) is 9.88 Å². The molecule has 0 spiro atoms. The SMILES string of the molecule is COc1ccc(C(C(=O)O)N(C)Cc2ccnc3ccccc23)c(OC)c1. The van der Waals surface area contributed by atoms with Crippen LogP contribution in [0.25, 0.3) is 10.9 Å². The molecule has 27 heavy (non-hydrogen) atoms. The molecular weight excluding hydrogens is 344 g/mol. The molecule has 3 aromatic rings. The van der Waals surface area contributed by atoms with E-state index in [1.165, 1.54) is 7.11 Å². The molecule has 0 bridgehead atoms. The van der Waals surface area contributed by atoms with Crippen LogP contribution in [-0.2, 0) is 11.3 Å². The van der Waals surface area contributed by atoms with E-state index in [-0.39, 0.29) is 0 Å². The Labute approximate surface area is 158 Å². The number of benzene rings is 2. The van der Waals surface area contributed by atoms with Crippen molar-refractivity contribution in [1.29, 1.82) is 0 Å². The quantitative estimate of drug-likeness (QED) is 0.690. The van der Waals surface area contributed by atoms with Crippen molar-refractivity contribution in [3.63, 3.8) is 0 Å². The zero-order valence-electron chi connectivity index (χ0n) is 15.5. The van der Waals surface area contributed by atoms with Gasteiger partial charge in [-0.3, -0.25) is 14.7 Å². The number of rotatable bonds is 7. The van der Waals surface area contributed by atoms with Gasteiger partial charge in [0.05, 0.1) is 19.7 Å². The van der Waals surface area contributed by atoms with Crippen LogP contribution >= 0.6 is 0 Å². The lowest BCUT2D eigenvalue weighted by Crippen LogP contribution is -2.31. The Bertz CT molecular complexity index is 953. The van der Waals surface area contributed by atoms with Gasteiger partial charge in [-0.15, -0.1) is 0 Å². The maximum Gasteiger partial charge on any atom is 0.325 e. The first-order valence-electron chi connectivity index (χ1n) is 8.52. The number of ether oxygens (including phenoxy) is 2. The predicted molar refractivity (Wildman–Crippen MR) is 103 cm³/mol. The van der Waals surface area contributed by atoms with Crippen LogP contribution < -0.4 is 9.47 Å². The van der Waals surface area contributed by atoms with Gasteiger partial charge in [-0.1, -0.05) is 18.2 Å². The van der Waals surface area contributed by atoms with Crippen LogP contribution in [-0.4, -0.2) is 42.2 Å². The maximum atomic E-state index is 12.1. The number of likely N-dealkylation sites (N-methyl/N-ethyl adjacent to an activating group) is 1. The summed E-state index contributed by atoms with van der Waals surface area (Å²) < 4.78 is 10.6. The fourth-order valence-electron chi connectivity index (χ4n) is 3.26. The van der Waals surface area contributed by atoms with Crippen LogP contribution in [0.15, 0.2) is 54.7 Å². The van der Waals surface area contributed by atoms with E-state index >= 15 is 0 Å². The van der Waals surface area contributed by atoms with E-state index < -0.39 is 12.0 Å². The van der Waals surface area contributed by atoms with Crippen molar-refractivity contribution in [3.8, 4) is 11.5 Å². The summed E-state index contributed by atoms with van der Waals surface area (Å²) in [5.74, 6) is 0.148. The van der Waals surface area contributed by atoms with Gasteiger partial charge in [0.15, 0.2) is 0 Å². The molecule has 6 heteroatoms. The number of carboxylic acids is 1. The van der Waals surface area contributed by atoms with Gasteiger partial charge in [-0.05, 0) is 36.9 Å². The number of pyridine rings is 1. The Morgan fingerprint density at radius 2 is 1.93 bits per heavy atom. The Kier molecular flexibility index (Phi) is 5.57. The topological polar surface area (TPSA) is 71.9 Å². The highest BCUT2D eigenvalue weighted by Crippen LogP contribution is 2.33. The van der Waals surface area contributed by atoms with Crippen molar-refractivity contribution in [2.75, 3.05) is 21.3 Å². The number of hydrogen-bond acceptors (Lipinski definition) is 5. The number of methoxy groups -OCH3 is 2. The number of aliphatic carboxylic acids is 1. The third kappa shape index (κ3) is 3.85. The number of carboxylic acid groups (broad SMARTS) is 1. The van der Waals surface area contributed by atoms with E-state index in [4.69, 9.17) is 9.47 Å². The van der Waals surface area contributed by atoms with Crippen LogP contribution in [0.5, 0.6) is 11.5 Å². The van der Waals surface area contributed by atoms with Crippen molar-refractivity contribution >= 4 is 16.9 Å². The Balaban J connectivity index is 1.97. The summed E-state index contributed by atoms with van der Waals surface area (Å²) in [6.07, 6.45) is 1.75. The predicted octanol–water partition coefficient (Wildman–Crippen LogP) is 3.51. The average molecular weight is 366 g/mol. The second-order valence-electron chi connectivity index (χ2n) is 6.25. The molecule has 0 amide bonds. The molecule has 3 rings (SSSR count). The molecule has 2 aromatic carbocycles. The number of nitrogens with zero attached hydrogens (tertiary/aromatic N) is 2. The summed E-state index contributed by atoms with van der Waals surface area (Å²) in [4.78, 5) is 18.2. The lowest BCUT2D eigenvalue weighted by atomic mass is 10.0. The molecule has 1 N–H and O–H groups in total. The number of para-hydroxylation sites is 1. The molecular formula is C21H22N2O4. The summed E-state index contributed by atoms with van der Waals surface area (Å²) in [5, 5.41) is 10.9. The first-order chi connectivity index (χ1) is 13.0. The molecule has 1 heterocycles. The molecule has 0 aliphatic heterocycles. The summed E-state index contributed by atoms with van der Waals surface area (Å²) in [6.45, 7) is 0.454. The van der Waals surface area contributed by atoms with Gasteiger partial charge in [-0.25, -0.2) is 0 Å². The van der Waals surface area contributed by atoms with Crippen LogP contribution in [0.1, 0.15) is 17.2 Å². The largest absolute Gasteiger partial charge is 0.497 e. The lowest BCUT2D eigenvalue weighted by Gasteiger charge is -2.27. The first-order valence-corrected chi connectivity index (χ1v) is 8.52. The second kappa shape index (κ2) is 8.05. The fraction of sp³-hybridized carbons (Fsp3) is 0.238. The minimum Gasteiger partial charge on any atom is -0.497 e.